The minimum Gasteiger partial charge on any atom is -0.316 e. The monoisotopic (exact) mass is 387 g/mol. The molecule has 6 heteroatoms. The normalized spacial score (nSPS) is 18.0. The van der Waals surface area contributed by atoms with E-state index in [4.69, 9.17) is 0 Å². The number of tetrazole rings is 1. The third-order valence-electron chi connectivity index (χ3n) is 5.70. The van der Waals surface area contributed by atoms with Gasteiger partial charge in [0.1, 0.15) is 11.9 Å². The number of nitrogens with zero attached hydrogens (tertiary/aromatic N) is 4. The fourth-order valence-electron chi connectivity index (χ4n) is 4.24. The Labute approximate surface area is 168 Å². The Hall–Kier alpha value is -3.12. The lowest BCUT2D eigenvalue weighted by Gasteiger charge is -2.30. The first-order valence-electron chi connectivity index (χ1n) is 10.0. The van der Waals surface area contributed by atoms with Crippen LogP contribution in [0.25, 0.3) is 22.2 Å². The van der Waals surface area contributed by atoms with Crippen molar-refractivity contribution in [1.29, 1.82) is 0 Å². The van der Waals surface area contributed by atoms with E-state index in [1.807, 2.05) is 66.7 Å². The number of aromatic nitrogens is 4. The average molecular weight is 387 g/mol. The van der Waals surface area contributed by atoms with Gasteiger partial charge in [-0.05, 0) is 35.9 Å². The summed E-state index contributed by atoms with van der Waals surface area (Å²) < 4.78 is 15.6. The quantitative estimate of drug-likeness (QED) is 0.570. The second-order valence-electron chi connectivity index (χ2n) is 7.54. The number of fused-ring (bicyclic) bond motifs is 1. The number of nitrogens with one attached hydrogen (secondary N) is 1. The van der Waals surface area contributed by atoms with Gasteiger partial charge < -0.3 is 5.32 Å². The Morgan fingerprint density at radius 2 is 1.83 bits per heavy atom. The highest BCUT2D eigenvalue weighted by molar-refractivity contribution is 5.83. The van der Waals surface area contributed by atoms with Crippen LogP contribution < -0.4 is 5.32 Å². The van der Waals surface area contributed by atoms with Gasteiger partial charge in [-0.3, -0.25) is 0 Å². The Morgan fingerprint density at radius 3 is 2.66 bits per heavy atom. The smallest absolute Gasteiger partial charge is 0.204 e. The number of benzene rings is 3. The van der Waals surface area contributed by atoms with E-state index in [0.717, 1.165) is 36.9 Å². The van der Waals surface area contributed by atoms with E-state index in [2.05, 4.69) is 20.7 Å². The number of hydrogen-bond acceptors (Lipinski definition) is 4. The van der Waals surface area contributed by atoms with E-state index < -0.39 is 0 Å². The van der Waals surface area contributed by atoms with Crippen LogP contribution in [0.4, 0.5) is 4.39 Å². The van der Waals surface area contributed by atoms with Crippen molar-refractivity contribution in [2.24, 2.45) is 5.92 Å². The standard InChI is InChI=1S/C23H22FN5/c24-21-19-11-5-4-7-16(19)12-13-20(21)22(18-10-6-14-25-15-18)29-27-23(26-28-29)17-8-2-1-3-9-17/h1-5,7-9,11-13,18,22,25H,6,10,14-15H2/t18-,22?/m1/s1. The molecule has 0 spiro atoms. The minimum absolute atomic E-state index is 0.192. The maximum atomic E-state index is 15.6. The lowest BCUT2D eigenvalue weighted by atomic mass is 9.86. The van der Waals surface area contributed by atoms with Crippen molar-refractivity contribution in [2.75, 3.05) is 13.1 Å². The average Bonchev–Trinajstić information content (AvgIpc) is 3.27. The second-order valence-corrected chi connectivity index (χ2v) is 7.54. The lowest BCUT2D eigenvalue weighted by Crippen LogP contribution is -2.36. The van der Waals surface area contributed by atoms with Crippen molar-refractivity contribution in [3.63, 3.8) is 0 Å². The lowest BCUT2D eigenvalue weighted by molar-refractivity contribution is 0.257. The van der Waals surface area contributed by atoms with Gasteiger partial charge in [-0.2, -0.15) is 4.80 Å². The molecular weight excluding hydrogens is 365 g/mol. The molecule has 1 saturated heterocycles. The van der Waals surface area contributed by atoms with Crippen LogP contribution >= 0.6 is 0 Å². The molecule has 0 radical (unpaired) electrons. The van der Waals surface area contributed by atoms with Crippen molar-refractivity contribution in [3.8, 4) is 11.4 Å². The van der Waals surface area contributed by atoms with Crippen LogP contribution in [0.2, 0.25) is 0 Å². The Bertz CT molecular complexity index is 1120. The highest BCUT2D eigenvalue weighted by atomic mass is 19.1. The molecule has 2 atom stereocenters. The molecule has 4 aromatic rings. The SMILES string of the molecule is Fc1c(C([C@@H]2CCCNC2)n2nnc(-c3ccccc3)n2)ccc2ccccc12. The molecule has 146 valence electrons. The number of halogens is 1. The van der Waals surface area contributed by atoms with E-state index in [-0.39, 0.29) is 17.8 Å². The zero-order chi connectivity index (χ0) is 19.6. The summed E-state index contributed by atoms with van der Waals surface area (Å²) in [5.74, 6) is 0.551. The van der Waals surface area contributed by atoms with Crippen LogP contribution in [-0.2, 0) is 0 Å². The van der Waals surface area contributed by atoms with Gasteiger partial charge in [0.25, 0.3) is 0 Å². The molecule has 0 bridgehead atoms. The molecule has 0 amide bonds. The summed E-state index contributed by atoms with van der Waals surface area (Å²) in [6.45, 7) is 1.79. The fourth-order valence-corrected chi connectivity index (χ4v) is 4.24. The first-order valence-corrected chi connectivity index (χ1v) is 10.0. The van der Waals surface area contributed by atoms with E-state index in [9.17, 15) is 0 Å². The second kappa shape index (κ2) is 7.72. The molecule has 1 aliphatic rings. The van der Waals surface area contributed by atoms with Crippen molar-refractivity contribution in [1.82, 2.24) is 25.5 Å². The third kappa shape index (κ3) is 3.40. The summed E-state index contributed by atoms with van der Waals surface area (Å²) in [6, 6.07) is 20.9. The minimum atomic E-state index is -0.308. The molecule has 5 nitrogen and oxygen atoms in total. The zero-order valence-corrected chi connectivity index (χ0v) is 16.0. The summed E-state index contributed by atoms with van der Waals surface area (Å²) in [7, 11) is 0. The predicted octanol–water partition coefficient (Wildman–Crippen LogP) is 4.22. The molecule has 1 aliphatic heterocycles. The number of hydrogen-bond donors (Lipinski definition) is 1. The summed E-state index contributed by atoms with van der Waals surface area (Å²) in [5.41, 5.74) is 1.52. The number of rotatable bonds is 4. The topological polar surface area (TPSA) is 55.6 Å². The van der Waals surface area contributed by atoms with Gasteiger partial charge in [-0.15, -0.1) is 10.2 Å². The van der Waals surface area contributed by atoms with Crippen molar-refractivity contribution < 1.29 is 4.39 Å². The Balaban J connectivity index is 1.61. The van der Waals surface area contributed by atoms with Gasteiger partial charge in [0, 0.05) is 23.1 Å². The molecule has 5 rings (SSSR count). The van der Waals surface area contributed by atoms with Gasteiger partial charge in [-0.25, -0.2) is 4.39 Å². The number of piperidine rings is 1. The maximum absolute atomic E-state index is 15.6. The van der Waals surface area contributed by atoms with Crippen molar-refractivity contribution >= 4 is 10.8 Å². The fraction of sp³-hybridized carbons (Fsp3) is 0.261. The third-order valence-corrected chi connectivity index (χ3v) is 5.70. The van der Waals surface area contributed by atoms with E-state index in [1.54, 1.807) is 4.80 Å². The van der Waals surface area contributed by atoms with E-state index in [0.29, 0.717) is 16.8 Å². The van der Waals surface area contributed by atoms with Crippen LogP contribution in [0.15, 0.2) is 66.7 Å². The molecule has 3 aromatic carbocycles. The van der Waals surface area contributed by atoms with Crippen LogP contribution in [0, 0.1) is 11.7 Å². The molecule has 2 heterocycles. The van der Waals surface area contributed by atoms with E-state index >= 15 is 4.39 Å². The molecule has 1 aromatic heterocycles. The van der Waals surface area contributed by atoms with Crippen LogP contribution in [0.3, 0.4) is 0 Å². The van der Waals surface area contributed by atoms with Crippen molar-refractivity contribution in [3.05, 3.63) is 78.1 Å². The van der Waals surface area contributed by atoms with Crippen LogP contribution in [0.1, 0.15) is 24.4 Å². The summed E-state index contributed by atoms with van der Waals surface area (Å²) in [5, 5.41) is 18.2. The molecule has 1 fully saturated rings. The van der Waals surface area contributed by atoms with Crippen LogP contribution in [0.5, 0.6) is 0 Å². The first-order chi connectivity index (χ1) is 14.3. The van der Waals surface area contributed by atoms with Crippen LogP contribution in [-0.4, -0.2) is 33.3 Å². The molecule has 0 aliphatic carbocycles. The van der Waals surface area contributed by atoms with Gasteiger partial charge in [0.2, 0.25) is 5.82 Å². The molecule has 1 unspecified atom stereocenters. The molecular formula is C23H22FN5. The Kier molecular flexibility index (Phi) is 4.77. The first kappa shape index (κ1) is 17.9. The largest absolute Gasteiger partial charge is 0.316 e. The highest BCUT2D eigenvalue weighted by Gasteiger charge is 2.31. The molecule has 1 N–H and O–H groups in total. The molecule has 0 saturated carbocycles. The highest BCUT2D eigenvalue weighted by Crippen LogP contribution is 2.34. The maximum Gasteiger partial charge on any atom is 0.204 e. The van der Waals surface area contributed by atoms with Gasteiger partial charge in [-0.1, -0.05) is 66.7 Å². The predicted molar refractivity (Wildman–Crippen MR) is 111 cm³/mol. The Morgan fingerprint density at radius 1 is 1.00 bits per heavy atom. The summed E-state index contributed by atoms with van der Waals surface area (Å²) in [4.78, 5) is 1.60. The van der Waals surface area contributed by atoms with Gasteiger partial charge in [0.05, 0.1) is 0 Å². The molecule has 29 heavy (non-hydrogen) atoms. The van der Waals surface area contributed by atoms with Gasteiger partial charge in [0.15, 0.2) is 0 Å². The van der Waals surface area contributed by atoms with Crippen molar-refractivity contribution in [2.45, 2.75) is 18.9 Å². The summed E-state index contributed by atoms with van der Waals surface area (Å²) >= 11 is 0. The van der Waals surface area contributed by atoms with Gasteiger partial charge >= 0.3 is 0 Å². The van der Waals surface area contributed by atoms with E-state index in [1.165, 1.54) is 0 Å². The zero-order valence-electron chi connectivity index (χ0n) is 16.0. The summed E-state index contributed by atoms with van der Waals surface area (Å²) in [6.07, 6.45) is 2.04.